The summed E-state index contributed by atoms with van der Waals surface area (Å²) in [4.78, 5) is 10.8. The van der Waals surface area contributed by atoms with Gasteiger partial charge in [-0.3, -0.25) is 4.63 Å². The smallest absolute Gasteiger partial charge is 0.341 e. The van der Waals surface area contributed by atoms with E-state index in [-0.39, 0.29) is 5.75 Å². The molecule has 8 nitrogen and oxygen atoms in total. The maximum atomic E-state index is 11.2. The molecule has 2 aromatic rings. The van der Waals surface area contributed by atoms with E-state index < -0.39 is 12.6 Å². The molecule has 20 heavy (non-hydrogen) atoms. The van der Waals surface area contributed by atoms with Crippen LogP contribution in [0.3, 0.4) is 0 Å². The van der Waals surface area contributed by atoms with Gasteiger partial charge in [-0.2, -0.15) is 0 Å². The van der Waals surface area contributed by atoms with E-state index in [1.807, 2.05) is 0 Å². The van der Waals surface area contributed by atoms with Crippen molar-refractivity contribution in [1.29, 1.82) is 0 Å². The zero-order valence-corrected chi connectivity index (χ0v) is 10.8. The Balaban J connectivity index is 2.34. The third kappa shape index (κ3) is 2.63. The van der Waals surface area contributed by atoms with Crippen LogP contribution in [0.1, 0.15) is 5.69 Å². The van der Waals surface area contributed by atoms with Gasteiger partial charge in [0.15, 0.2) is 18.1 Å². The average Bonchev–Trinajstić information content (AvgIpc) is 2.76. The van der Waals surface area contributed by atoms with E-state index in [9.17, 15) is 10.0 Å². The van der Waals surface area contributed by atoms with Crippen LogP contribution in [0.25, 0.3) is 11.3 Å². The van der Waals surface area contributed by atoms with Gasteiger partial charge < -0.3 is 19.8 Å². The minimum absolute atomic E-state index is 0.287. The predicted molar refractivity (Wildman–Crippen MR) is 65.3 cm³/mol. The number of carboxylic acids is 1. The first kappa shape index (κ1) is 13.7. The molecule has 0 fully saturated rings. The molecule has 0 amide bonds. The SMILES string of the molecule is COc1cc(-c2no[n+]([O-])c2C)ccc1OCC(=O)O. The number of aromatic nitrogens is 2. The fourth-order valence-corrected chi connectivity index (χ4v) is 1.63. The molecule has 8 heteroatoms. The highest BCUT2D eigenvalue weighted by Crippen LogP contribution is 2.32. The fourth-order valence-electron chi connectivity index (χ4n) is 1.63. The number of carbonyl (C=O) groups is 1. The molecule has 0 bridgehead atoms. The molecule has 0 saturated carbocycles. The molecule has 2 rings (SSSR count). The Kier molecular flexibility index (Phi) is 3.74. The molecular formula is C12H12N2O6. The zero-order chi connectivity index (χ0) is 14.7. The monoisotopic (exact) mass is 280 g/mol. The number of carboxylic acid groups (broad SMARTS) is 1. The Morgan fingerprint density at radius 1 is 1.50 bits per heavy atom. The summed E-state index contributed by atoms with van der Waals surface area (Å²) < 4.78 is 14.7. The van der Waals surface area contributed by atoms with Gasteiger partial charge in [0.05, 0.1) is 7.11 Å². The van der Waals surface area contributed by atoms with Crippen molar-refractivity contribution in [3.05, 3.63) is 29.1 Å². The lowest BCUT2D eigenvalue weighted by atomic mass is 10.1. The molecule has 0 aliphatic heterocycles. The first-order valence-corrected chi connectivity index (χ1v) is 5.62. The van der Waals surface area contributed by atoms with Gasteiger partial charge in [0, 0.05) is 17.6 Å². The van der Waals surface area contributed by atoms with Crippen LogP contribution in [0.15, 0.2) is 22.8 Å². The second kappa shape index (κ2) is 5.47. The molecule has 0 radical (unpaired) electrons. The maximum Gasteiger partial charge on any atom is 0.341 e. The minimum atomic E-state index is -1.09. The first-order chi connectivity index (χ1) is 9.52. The van der Waals surface area contributed by atoms with Crippen molar-refractivity contribution in [2.75, 3.05) is 13.7 Å². The highest BCUT2D eigenvalue weighted by Gasteiger charge is 2.18. The van der Waals surface area contributed by atoms with Crippen LogP contribution in [-0.2, 0) is 4.79 Å². The van der Waals surface area contributed by atoms with Crippen LogP contribution >= 0.6 is 0 Å². The Morgan fingerprint density at radius 2 is 2.25 bits per heavy atom. The molecule has 106 valence electrons. The number of hydrogen-bond donors (Lipinski definition) is 1. The molecular weight excluding hydrogens is 268 g/mol. The third-order valence-electron chi connectivity index (χ3n) is 2.61. The van der Waals surface area contributed by atoms with Gasteiger partial charge in [0.25, 0.3) is 5.69 Å². The van der Waals surface area contributed by atoms with E-state index in [0.29, 0.717) is 27.6 Å². The number of benzene rings is 1. The van der Waals surface area contributed by atoms with Gasteiger partial charge >= 0.3 is 5.97 Å². The Morgan fingerprint density at radius 3 is 2.80 bits per heavy atom. The molecule has 1 aromatic carbocycles. The molecule has 1 N–H and O–H groups in total. The number of hydrogen-bond acceptors (Lipinski definition) is 6. The Labute approximate surface area is 113 Å². The second-order valence-electron chi connectivity index (χ2n) is 3.91. The molecule has 1 aromatic heterocycles. The maximum absolute atomic E-state index is 11.2. The highest BCUT2D eigenvalue weighted by molar-refractivity contribution is 5.69. The van der Waals surface area contributed by atoms with Gasteiger partial charge in [-0.25, -0.2) is 4.79 Å². The number of aliphatic carboxylic acids is 1. The molecule has 0 atom stereocenters. The van der Waals surface area contributed by atoms with Crippen molar-refractivity contribution in [2.45, 2.75) is 6.92 Å². The largest absolute Gasteiger partial charge is 0.493 e. The first-order valence-electron chi connectivity index (χ1n) is 5.62. The molecule has 0 unspecified atom stereocenters. The van der Waals surface area contributed by atoms with E-state index in [1.54, 1.807) is 25.1 Å². The lowest BCUT2D eigenvalue weighted by Gasteiger charge is -2.09. The van der Waals surface area contributed by atoms with Crippen molar-refractivity contribution in [1.82, 2.24) is 5.16 Å². The number of rotatable bonds is 5. The van der Waals surface area contributed by atoms with E-state index >= 15 is 0 Å². The summed E-state index contributed by atoms with van der Waals surface area (Å²) >= 11 is 0. The van der Waals surface area contributed by atoms with Crippen LogP contribution in [0.4, 0.5) is 0 Å². The lowest BCUT2D eigenvalue weighted by Crippen LogP contribution is -2.25. The molecule has 0 spiro atoms. The van der Waals surface area contributed by atoms with Gasteiger partial charge in [-0.05, 0) is 23.1 Å². The third-order valence-corrected chi connectivity index (χ3v) is 2.61. The van der Waals surface area contributed by atoms with E-state index in [1.165, 1.54) is 7.11 Å². The highest BCUT2D eigenvalue weighted by atomic mass is 16.8. The predicted octanol–water partition coefficient (Wildman–Crippen LogP) is 0.755. The number of methoxy groups -OCH3 is 1. The quantitative estimate of drug-likeness (QED) is 0.805. The molecule has 0 saturated heterocycles. The minimum Gasteiger partial charge on any atom is -0.493 e. The summed E-state index contributed by atoms with van der Waals surface area (Å²) in [6, 6.07) is 4.76. The van der Waals surface area contributed by atoms with Crippen LogP contribution < -0.4 is 14.4 Å². The van der Waals surface area contributed by atoms with Crippen molar-refractivity contribution >= 4 is 5.97 Å². The van der Waals surface area contributed by atoms with Crippen LogP contribution in [0.2, 0.25) is 0 Å². The summed E-state index contributed by atoms with van der Waals surface area (Å²) in [5.74, 6) is -0.464. The van der Waals surface area contributed by atoms with Crippen LogP contribution in [0, 0.1) is 12.1 Å². The summed E-state index contributed by atoms with van der Waals surface area (Å²) in [6.07, 6.45) is 0. The average molecular weight is 280 g/mol. The lowest BCUT2D eigenvalue weighted by molar-refractivity contribution is -0.806. The molecule has 0 aliphatic carbocycles. The number of nitrogens with zero attached hydrogens (tertiary/aromatic N) is 2. The van der Waals surface area contributed by atoms with Gasteiger partial charge in [-0.15, -0.1) is 0 Å². The van der Waals surface area contributed by atoms with E-state index in [0.717, 1.165) is 0 Å². The van der Waals surface area contributed by atoms with Gasteiger partial charge in [0.2, 0.25) is 5.69 Å². The van der Waals surface area contributed by atoms with Crippen molar-refractivity contribution in [2.24, 2.45) is 0 Å². The van der Waals surface area contributed by atoms with Crippen molar-refractivity contribution < 1.29 is 28.9 Å². The number of ether oxygens (including phenoxy) is 2. The standard InChI is InChI=1S/C12H12N2O6/c1-7-12(13-20-14(7)17)8-3-4-9(10(5-8)18-2)19-6-11(15)16/h3-5H,6H2,1-2H3,(H,15,16). The van der Waals surface area contributed by atoms with E-state index in [4.69, 9.17) is 14.6 Å². The summed E-state index contributed by atoms with van der Waals surface area (Å²) in [5.41, 5.74) is 1.29. The molecule has 0 aliphatic rings. The fraction of sp³-hybridized carbons (Fsp3) is 0.250. The summed E-state index contributed by atoms with van der Waals surface area (Å²) in [5, 5.41) is 23.4. The molecule has 1 heterocycles. The van der Waals surface area contributed by atoms with E-state index in [2.05, 4.69) is 9.79 Å². The zero-order valence-electron chi connectivity index (χ0n) is 10.8. The second-order valence-corrected chi connectivity index (χ2v) is 3.91. The Bertz CT molecular complexity index is 637. The van der Waals surface area contributed by atoms with Gasteiger partial charge in [-0.1, -0.05) is 0 Å². The van der Waals surface area contributed by atoms with Crippen LogP contribution in [-0.4, -0.2) is 29.9 Å². The normalized spacial score (nSPS) is 10.3. The summed E-state index contributed by atoms with van der Waals surface area (Å²) in [6.45, 7) is 1.10. The van der Waals surface area contributed by atoms with Crippen molar-refractivity contribution in [3.63, 3.8) is 0 Å². The van der Waals surface area contributed by atoms with Gasteiger partial charge in [0.1, 0.15) is 0 Å². The van der Waals surface area contributed by atoms with Crippen molar-refractivity contribution in [3.8, 4) is 22.8 Å². The Hall–Kier alpha value is -2.77. The summed E-state index contributed by atoms with van der Waals surface area (Å²) in [7, 11) is 1.43. The van der Waals surface area contributed by atoms with Crippen LogP contribution in [0.5, 0.6) is 11.5 Å². The topological polar surface area (TPSA) is 109 Å².